The molecule has 0 aromatic carbocycles. The van der Waals surface area contributed by atoms with Crippen molar-refractivity contribution in [3.8, 4) is 0 Å². The Morgan fingerprint density at radius 3 is 1.14 bits per heavy atom. The Kier molecular flexibility index (Phi) is 24.3. The number of rotatable bonds is 15. The molecule has 5 amide bonds. The number of nitrogens with two attached hydrogens (primary N) is 1. The van der Waals surface area contributed by atoms with Gasteiger partial charge in [-0.1, -0.05) is 139 Å². The van der Waals surface area contributed by atoms with Gasteiger partial charge in [-0.3, -0.25) is 52.9 Å². The summed E-state index contributed by atoms with van der Waals surface area (Å²) in [5.41, 5.74) is 21.6. The molecule has 13 atom stereocenters. The monoisotopic (exact) mass is 1730 g/mol. The first kappa shape index (κ1) is 88.0. The van der Waals surface area contributed by atoms with Crippen molar-refractivity contribution >= 4 is 35.5 Å². The Hall–Kier alpha value is -7.28. The Labute approximate surface area is 748 Å². The third-order valence-corrected chi connectivity index (χ3v) is 37.2. The number of nitrogens with one attached hydrogen (secondary N) is 5. The van der Waals surface area contributed by atoms with Crippen LogP contribution in [0.2, 0.25) is 0 Å². The number of amides is 5. The van der Waals surface area contributed by atoms with Crippen LogP contribution in [0.25, 0.3) is 0 Å². The Balaban J connectivity index is 0.000000110. The summed E-state index contributed by atoms with van der Waals surface area (Å²) in [5, 5.41) is 51.6. The van der Waals surface area contributed by atoms with Crippen LogP contribution < -0.4 is 32.4 Å². The van der Waals surface area contributed by atoms with Crippen LogP contribution >= 0.6 is 0 Å². The third kappa shape index (κ3) is 16.6. The number of hydrogen-bond acceptors (Lipinski definition) is 15. The van der Waals surface area contributed by atoms with E-state index in [9.17, 15) is 33.9 Å². The molecule has 5 heterocycles. The molecule has 13 unspecified atom stereocenters. The van der Waals surface area contributed by atoms with Gasteiger partial charge in [-0.25, -0.2) is 4.68 Å². The van der Waals surface area contributed by atoms with Gasteiger partial charge < -0.3 is 36.8 Å². The van der Waals surface area contributed by atoms with E-state index in [0.29, 0.717) is 89.9 Å². The summed E-state index contributed by atoms with van der Waals surface area (Å²) >= 11 is 0. The number of carbonyl (C=O) groups excluding carboxylic acids is 6. The van der Waals surface area contributed by atoms with E-state index in [-0.39, 0.29) is 116 Å². The highest BCUT2D eigenvalue weighted by atomic mass is 16.5. The lowest BCUT2D eigenvalue weighted by atomic mass is 9.54. The van der Waals surface area contributed by atoms with Gasteiger partial charge in [0.05, 0.1) is 30.3 Å². The molecule has 0 saturated heterocycles. The largest absolute Gasteiger partial charge is 0.462 e. The van der Waals surface area contributed by atoms with Gasteiger partial charge in [0.25, 0.3) is 23.6 Å². The minimum absolute atomic E-state index is 0.0156. The highest BCUT2D eigenvalue weighted by Gasteiger charge is 2.63. The molecule has 8 N–H and O–H groups in total. The molecule has 10 bridgehead atoms. The fourth-order valence-electron chi connectivity index (χ4n) is 30.8. The average Bonchev–Trinajstić information content (AvgIpc) is 1.58. The van der Waals surface area contributed by atoms with E-state index in [4.69, 9.17) is 30.9 Å². The lowest BCUT2D eigenvalue weighted by Crippen LogP contribution is -2.56. The molecule has 0 aliphatic heterocycles. The first-order valence-electron chi connectivity index (χ1n) is 50.8. The molecule has 18 aliphatic rings. The topological polar surface area (TPSA) is 320 Å². The van der Waals surface area contributed by atoms with Crippen molar-refractivity contribution < 1.29 is 38.6 Å². The number of hydrogen-bond donors (Lipinski definition) is 7. The zero-order valence-electron chi connectivity index (χ0n) is 78.0. The van der Waals surface area contributed by atoms with Gasteiger partial charge >= 0.3 is 5.97 Å². The van der Waals surface area contributed by atoms with Crippen molar-refractivity contribution in [3.63, 3.8) is 0 Å². The number of carbonyl (C=O) groups is 6. The van der Waals surface area contributed by atoms with Crippen LogP contribution in [0.3, 0.4) is 0 Å². The molecule has 688 valence electrons. The normalized spacial score (nSPS) is 34.7. The number of aliphatic hydroxyl groups excluding tert-OH is 1. The average molecular weight is 1730 g/mol. The summed E-state index contributed by atoms with van der Waals surface area (Å²) in [6.45, 7) is 22.5. The number of aliphatic hydroxyl groups is 1. The molecule has 5 aromatic rings. The first-order valence-corrected chi connectivity index (χ1v) is 50.8. The fraction of sp³-hybridized carbons (Fsp3) is 0.802. The SMILES string of the molecule is CC(=O)OC1CCc2c(c(C(=O)NC3C4(C)CCC(C4)C3(C)C)nn2C2CCCCC2)C1.CC12CCC(C1)C(C)(C)C2NC(=O)c1nn(C2CCCCC2)c2c1CC(N)CC2.CC12CCC(C1)C(C)(C)C2NC(=O)c1nn(C2CCCCC2)c2c1CC(O)CC2.O=C(NC1C2CC3CC(C2)CC1C3)c1nn(C2CCCCC2)c2c1CC(C(=O)Nn1cnnc1)CC2. The molecule has 14 fully saturated rings. The standard InChI is InChI=1S/C27H37N7O2.C26H39N3O3.C24H38N4O.C24H37N3O2/c35-26(32-33-14-28-29-15-33)18-6-7-23-22(13-18)25(31-34(23)21-4-2-1-3-5-21)27(36)30-24-19-9-16-8-17(11-19)12-20(24)10-16;1-16(30)32-19-10-11-21-20(14-19)22(28-29(21)18-8-6-5-7-9-18)23(31)27-24-25(2,3)17-12-13-26(24,4)15-17;1-23(2)15-11-12-24(3,14-15)22(23)26-21(29)20-18-13-16(25)9-10-19(18)28(27-20)17-7-5-4-6-8-17;1-23(2)15-11-12-24(3,14-15)22(23)25-21(29)20-18-13-17(28)9-10-19(18)27(26-20)16-7-5-4-6-8-16/h14-21,24H,1-13H2,(H,30,36)(H,32,35);17-19,24H,5-15H2,1-4H3,(H,27,31);15-17,22H,4-14,25H2,1-3H3,(H,26,29);15-17,22,28H,4-14H2,1-3H3,(H,25,29). The first-order chi connectivity index (χ1) is 60.4. The van der Waals surface area contributed by atoms with Gasteiger partial charge in [0.2, 0.25) is 5.91 Å². The molecule has 0 radical (unpaired) electrons. The van der Waals surface area contributed by atoms with E-state index >= 15 is 0 Å². The zero-order valence-corrected chi connectivity index (χ0v) is 78.0. The Morgan fingerprint density at radius 1 is 0.413 bits per heavy atom. The Morgan fingerprint density at radius 2 is 0.762 bits per heavy atom. The summed E-state index contributed by atoms with van der Waals surface area (Å²) in [6.07, 6.45) is 53.8. The fourth-order valence-corrected chi connectivity index (χ4v) is 30.8. The number of ether oxygens (including phenoxy) is 1. The quantitative estimate of drug-likeness (QED) is 0.0479. The second kappa shape index (κ2) is 34.8. The van der Waals surface area contributed by atoms with Gasteiger partial charge in [0.1, 0.15) is 18.8 Å². The summed E-state index contributed by atoms with van der Waals surface area (Å²) < 4.78 is 15.8. The molecule has 5 aromatic heterocycles. The maximum atomic E-state index is 13.8. The smallest absolute Gasteiger partial charge is 0.302 e. The van der Waals surface area contributed by atoms with Crippen molar-refractivity contribution in [3.05, 3.63) is 80.5 Å². The van der Waals surface area contributed by atoms with Crippen LogP contribution in [-0.2, 0) is 65.7 Å². The summed E-state index contributed by atoms with van der Waals surface area (Å²) in [7, 11) is 0. The number of fused-ring (bicyclic) bond motifs is 10. The molecule has 23 rings (SSSR count). The van der Waals surface area contributed by atoms with Gasteiger partial charge in [0.15, 0.2) is 22.8 Å². The number of aromatic nitrogens is 11. The Bertz CT molecular complexity index is 4670. The van der Waals surface area contributed by atoms with E-state index in [0.717, 1.165) is 136 Å². The van der Waals surface area contributed by atoms with E-state index in [2.05, 4.69) is 118 Å². The third-order valence-electron chi connectivity index (χ3n) is 37.2. The molecule has 126 heavy (non-hydrogen) atoms. The summed E-state index contributed by atoms with van der Waals surface area (Å²) in [5.74, 6) is 4.59. The van der Waals surface area contributed by atoms with Crippen molar-refractivity contribution in [1.29, 1.82) is 0 Å². The maximum absolute atomic E-state index is 13.8. The van der Waals surface area contributed by atoms with Gasteiger partial charge in [0, 0.05) is 101 Å². The van der Waals surface area contributed by atoms with Crippen LogP contribution in [0.15, 0.2) is 12.7 Å². The predicted octanol–water partition coefficient (Wildman–Crippen LogP) is 16.5. The minimum Gasteiger partial charge on any atom is -0.462 e. The van der Waals surface area contributed by atoms with Crippen LogP contribution in [0.1, 0.15) is 424 Å². The zero-order chi connectivity index (χ0) is 87.7. The van der Waals surface area contributed by atoms with Crippen LogP contribution in [-0.4, -0.2) is 137 Å². The van der Waals surface area contributed by atoms with Gasteiger partial charge in [-0.2, -0.15) is 20.4 Å². The molecule has 25 nitrogen and oxygen atoms in total. The van der Waals surface area contributed by atoms with Gasteiger partial charge in [-0.05, 0) is 279 Å². The predicted molar refractivity (Wildman–Crippen MR) is 483 cm³/mol. The second-order valence-electron chi connectivity index (χ2n) is 46.6. The van der Waals surface area contributed by atoms with E-state index in [1.807, 2.05) is 0 Å². The highest BCUT2D eigenvalue weighted by molar-refractivity contribution is 5.97. The van der Waals surface area contributed by atoms with Crippen molar-refractivity contribution in [2.24, 2.45) is 85.6 Å². The lowest BCUT2D eigenvalue weighted by molar-refractivity contribution is -0.146. The number of nitrogens with zero attached hydrogens (tertiary/aromatic N) is 11. The minimum atomic E-state index is -0.352. The highest BCUT2D eigenvalue weighted by Crippen LogP contribution is 2.65. The molecule has 0 spiro atoms. The van der Waals surface area contributed by atoms with Crippen molar-refractivity contribution in [2.45, 2.75) is 431 Å². The maximum Gasteiger partial charge on any atom is 0.302 e. The van der Waals surface area contributed by atoms with E-state index in [1.54, 1.807) is 0 Å². The molecular formula is C101H151N17O8. The van der Waals surface area contributed by atoms with Crippen molar-refractivity contribution in [2.75, 3.05) is 5.43 Å². The molecule has 18 aliphatic carbocycles. The summed E-state index contributed by atoms with van der Waals surface area (Å²) in [4.78, 5) is 79.2. The van der Waals surface area contributed by atoms with E-state index in [1.165, 1.54) is 227 Å². The van der Waals surface area contributed by atoms with Gasteiger partial charge in [-0.15, -0.1) is 10.2 Å². The molecule has 25 heteroatoms. The lowest BCUT2D eigenvalue weighted by Gasteiger charge is -2.54. The van der Waals surface area contributed by atoms with Crippen LogP contribution in [0.5, 0.6) is 0 Å². The van der Waals surface area contributed by atoms with Crippen LogP contribution in [0.4, 0.5) is 0 Å². The van der Waals surface area contributed by atoms with Crippen LogP contribution in [0, 0.1) is 79.8 Å². The molecular weight excluding hydrogens is 1580 g/mol. The number of esters is 1. The van der Waals surface area contributed by atoms with E-state index < -0.39 is 0 Å². The second-order valence-corrected chi connectivity index (χ2v) is 46.6. The summed E-state index contributed by atoms with van der Waals surface area (Å²) in [6, 6.07) is 2.68. The molecule has 14 saturated carbocycles. The van der Waals surface area contributed by atoms with Crippen molar-refractivity contribution in [1.82, 2.24) is 75.3 Å².